The molecule has 0 bridgehead atoms. The molecule has 1 saturated heterocycles. The molecule has 2 aromatic rings. The van der Waals surface area contributed by atoms with Crippen LogP contribution in [-0.4, -0.2) is 24.0 Å². The lowest BCUT2D eigenvalue weighted by Gasteiger charge is -2.37. The van der Waals surface area contributed by atoms with Gasteiger partial charge in [0.25, 0.3) is 0 Å². The summed E-state index contributed by atoms with van der Waals surface area (Å²) in [5, 5.41) is 6.57. The average molecular weight is 301 g/mol. The van der Waals surface area contributed by atoms with Gasteiger partial charge in [-0.25, -0.2) is 4.98 Å². The van der Waals surface area contributed by atoms with Crippen molar-refractivity contribution in [2.45, 2.75) is 25.7 Å². The number of hydrogen-bond acceptors (Lipinski definition) is 4. The number of fused-ring (bicyclic) bond motifs is 2. The number of carbonyl (C=O) groups excluding carboxylic acids is 1. The van der Waals surface area contributed by atoms with Crippen LogP contribution in [-0.2, 0) is 4.79 Å². The van der Waals surface area contributed by atoms with Crippen LogP contribution in [0.25, 0.3) is 10.2 Å². The minimum atomic E-state index is -0.199. The SMILES string of the molecule is O=C(Nc1ccc2scnc2c1)[C@@]12CCCC[C@H]1CNC2. The van der Waals surface area contributed by atoms with Crippen molar-refractivity contribution in [1.82, 2.24) is 10.3 Å². The van der Waals surface area contributed by atoms with Crippen LogP contribution in [0.4, 0.5) is 5.69 Å². The predicted molar refractivity (Wildman–Crippen MR) is 85.5 cm³/mol. The van der Waals surface area contributed by atoms with Gasteiger partial charge in [0, 0.05) is 12.2 Å². The Morgan fingerprint density at radius 3 is 3.33 bits per heavy atom. The molecule has 2 N–H and O–H groups in total. The maximum atomic E-state index is 12.9. The Kier molecular flexibility index (Phi) is 3.19. The maximum absolute atomic E-state index is 12.9. The zero-order chi connectivity index (χ0) is 14.3. The molecule has 0 unspecified atom stereocenters. The number of hydrogen-bond donors (Lipinski definition) is 2. The molecular weight excluding hydrogens is 282 g/mol. The summed E-state index contributed by atoms with van der Waals surface area (Å²) in [5.41, 5.74) is 3.46. The van der Waals surface area contributed by atoms with E-state index in [4.69, 9.17) is 0 Å². The number of nitrogens with one attached hydrogen (secondary N) is 2. The fourth-order valence-electron chi connectivity index (χ4n) is 3.88. The van der Waals surface area contributed by atoms with E-state index in [2.05, 4.69) is 15.6 Å². The Morgan fingerprint density at radius 2 is 2.38 bits per heavy atom. The summed E-state index contributed by atoms with van der Waals surface area (Å²) in [5.74, 6) is 0.682. The summed E-state index contributed by atoms with van der Waals surface area (Å²) in [6.45, 7) is 1.81. The van der Waals surface area contributed by atoms with Crippen molar-refractivity contribution in [3.63, 3.8) is 0 Å². The van der Waals surface area contributed by atoms with Crippen LogP contribution in [0, 0.1) is 11.3 Å². The first-order chi connectivity index (χ1) is 10.3. The van der Waals surface area contributed by atoms with Gasteiger partial charge in [-0.2, -0.15) is 0 Å². The van der Waals surface area contributed by atoms with Crippen LogP contribution in [0.3, 0.4) is 0 Å². The Morgan fingerprint density at radius 1 is 1.43 bits per heavy atom. The van der Waals surface area contributed by atoms with Crippen molar-refractivity contribution < 1.29 is 4.79 Å². The van der Waals surface area contributed by atoms with Crippen LogP contribution in [0.2, 0.25) is 0 Å². The molecule has 0 spiro atoms. The molecule has 2 heterocycles. The molecule has 1 aliphatic heterocycles. The minimum Gasteiger partial charge on any atom is -0.325 e. The van der Waals surface area contributed by atoms with E-state index in [1.54, 1.807) is 11.3 Å². The highest BCUT2D eigenvalue weighted by atomic mass is 32.1. The van der Waals surface area contributed by atoms with Crippen molar-refractivity contribution in [3.05, 3.63) is 23.7 Å². The predicted octanol–water partition coefficient (Wildman–Crippen LogP) is 3.01. The quantitative estimate of drug-likeness (QED) is 0.896. The molecule has 2 fully saturated rings. The first-order valence-corrected chi connectivity index (χ1v) is 8.51. The molecule has 0 radical (unpaired) electrons. The second-order valence-corrected chi connectivity index (χ2v) is 7.11. The van der Waals surface area contributed by atoms with E-state index < -0.39 is 0 Å². The van der Waals surface area contributed by atoms with Crippen LogP contribution in [0.1, 0.15) is 25.7 Å². The number of nitrogens with zero attached hydrogens (tertiary/aromatic N) is 1. The van der Waals surface area contributed by atoms with Gasteiger partial charge in [-0.05, 0) is 43.5 Å². The highest BCUT2D eigenvalue weighted by Gasteiger charge is 2.49. The number of benzene rings is 1. The lowest BCUT2D eigenvalue weighted by Crippen LogP contribution is -2.44. The van der Waals surface area contributed by atoms with Crippen LogP contribution in [0.15, 0.2) is 23.7 Å². The van der Waals surface area contributed by atoms with E-state index in [-0.39, 0.29) is 11.3 Å². The molecule has 1 saturated carbocycles. The second-order valence-electron chi connectivity index (χ2n) is 6.22. The van der Waals surface area contributed by atoms with E-state index in [1.165, 1.54) is 12.8 Å². The molecule has 21 heavy (non-hydrogen) atoms. The number of thiazole rings is 1. The first-order valence-electron chi connectivity index (χ1n) is 7.63. The Hall–Kier alpha value is -1.46. The van der Waals surface area contributed by atoms with Gasteiger partial charge in [0.05, 0.1) is 21.1 Å². The average Bonchev–Trinajstić information content (AvgIpc) is 3.13. The lowest BCUT2D eigenvalue weighted by molar-refractivity contribution is -0.128. The van der Waals surface area contributed by atoms with Gasteiger partial charge in [0.15, 0.2) is 0 Å². The standard InChI is InChI=1S/C16H19N3OS/c20-15(16-6-2-1-3-11(16)8-17-9-16)19-12-4-5-14-13(7-12)18-10-21-14/h4-5,7,10-11,17H,1-3,6,8-9H2,(H,19,20)/t11-,16+/m0/s1. The number of aromatic nitrogens is 1. The molecular formula is C16H19N3OS. The fourth-order valence-corrected chi connectivity index (χ4v) is 4.54. The largest absolute Gasteiger partial charge is 0.325 e. The third-order valence-corrected chi connectivity index (χ3v) is 5.89. The van der Waals surface area contributed by atoms with Crippen LogP contribution in [0.5, 0.6) is 0 Å². The number of amides is 1. The molecule has 1 amide bonds. The molecule has 1 aromatic heterocycles. The Bertz CT molecular complexity index is 683. The van der Waals surface area contributed by atoms with Gasteiger partial charge < -0.3 is 10.6 Å². The molecule has 2 atom stereocenters. The monoisotopic (exact) mass is 301 g/mol. The minimum absolute atomic E-state index is 0.187. The second kappa shape index (κ2) is 5.07. The summed E-state index contributed by atoms with van der Waals surface area (Å²) >= 11 is 1.62. The molecule has 1 aromatic carbocycles. The van der Waals surface area contributed by atoms with Gasteiger partial charge in [-0.15, -0.1) is 11.3 Å². The molecule has 4 nitrogen and oxygen atoms in total. The topological polar surface area (TPSA) is 54.0 Å². The zero-order valence-corrected chi connectivity index (χ0v) is 12.7. The smallest absolute Gasteiger partial charge is 0.232 e. The van der Waals surface area contributed by atoms with E-state index >= 15 is 0 Å². The van der Waals surface area contributed by atoms with Gasteiger partial charge in [-0.3, -0.25) is 4.79 Å². The molecule has 2 aliphatic rings. The summed E-state index contributed by atoms with van der Waals surface area (Å²) in [6.07, 6.45) is 4.60. The van der Waals surface area contributed by atoms with Crippen molar-refractivity contribution in [3.8, 4) is 0 Å². The maximum Gasteiger partial charge on any atom is 0.232 e. The summed E-state index contributed by atoms with van der Waals surface area (Å²) < 4.78 is 1.16. The third kappa shape index (κ3) is 2.15. The molecule has 5 heteroatoms. The number of carbonyl (C=O) groups is 1. The highest BCUT2D eigenvalue weighted by molar-refractivity contribution is 7.16. The molecule has 4 rings (SSSR count). The lowest BCUT2D eigenvalue weighted by atomic mass is 9.67. The van der Waals surface area contributed by atoms with E-state index in [1.807, 2.05) is 23.7 Å². The number of rotatable bonds is 2. The summed E-state index contributed by atoms with van der Waals surface area (Å²) in [7, 11) is 0. The summed E-state index contributed by atoms with van der Waals surface area (Å²) in [4.78, 5) is 17.2. The van der Waals surface area contributed by atoms with Crippen LogP contribution < -0.4 is 10.6 Å². The van der Waals surface area contributed by atoms with Crippen LogP contribution >= 0.6 is 11.3 Å². The van der Waals surface area contributed by atoms with Crippen molar-refractivity contribution >= 4 is 33.1 Å². The van der Waals surface area contributed by atoms with E-state index in [9.17, 15) is 4.79 Å². The van der Waals surface area contributed by atoms with Crippen molar-refractivity contribution in [2.24, 2.45) is 11.3 Å². The van der Waals surface area contributed by atoms with Gasteiger partial charge >= 0.3 is 0 Å². The molecule has 1 aliphatic carbocycles. The highest BCUT2D eigenvalue weighted by Crippen LogP contribution is 2.44. The fraction of sp³-hybridized carbons (Fsp3) is 0.500. The Balaban J connectivity index is 1.59. The zero-order valence-electron chi connectivity index (χ0n) is 11.9. The normalized spacial score (nSPS) is 28.5. The number of anilines is 1. The van der Waals surface area contributed by atoms with Gasteiger partial charge in [0.2, 0.25) is 5.91 Å². The first kappa shape index (κ1) is 13.2. The van der Waals surface area contributed by atoms with Crippen molar-refractivity contribution in [1.29, 1.82) is 0 Å². The van der Waals surface area contributed by atoms with Gasteiger partial charge in [-0.1, -0.05) is 12.8 Å². The van der Waals surface area contributed by atoms with Gasteiger partial charge in [0.1, 0.15) is 0 Å². The van der Waals surface area contributed by atoms with Crippen molar-refractivity contribution in [2.75, 3.05) is 18.4 Å². The van der Waals surface area contributed by atoms with E-state index in [0.717, 1.165) is 41.8 Å². The van der Waals surface area contributed by atoms with E-state index in [0.29, 0.717) is 5.92 Å². The molecule has 110 valence electrons. The summed E-state index contributed by atoms with van der Waals surface area (Å²) in [6, 6.07) is 5.99. The Labute approximate surface area is 128 Å². The third-order valence-electron chi connectivity index (χ3n) is 5.08.